The van der Waals surface area contributed by atoms with Crippen LogP contribution in [0.5, 0.6) is 0 Å². The molecule has 0 fully saturated rings. The van der Waals surface area contributed by atoms with Crippen molar-refractivity contribution >= 4 is 5.78 Å². The standard InChI is InChI=1S/C7H15NO2/c1-3-7(10)6(5-9)8-4-2/h6,8-9H,3-5H2,1-2H3/t6-/m0/s1. The average molecular weight is 145 g/mol. The molecule has 0 saturated carbocycles. The summed E-state index contributed by atoms with van der Waals surface area (Å²) in [5.41, 5.74) is 0. The van der Waals surface area contributed by atoms with Crippen LogP contribution in [0.1, 0.15) is 20.3 Å². The van der Waals surface area contributed by atoms with Gasteiger partial charge in [-0.3, -0.25) is 4.79 Å². The SMILES string of the molecule is CCN[C@@H](CO)C(=O)CC. The van der Waals surface area contributed by atoms with Gasteiger partial charge in [0.2, 0.25) is 0 Å². The zero-order valence-corrected chi connectivity index (χ0v) is 6.55. The summed E-state index contributed by atoms with van der Waals surface area (Å²) in [4.78, 5) is 10.9. The molecule has 0 aliphatic rings. The maximum absolute atomic E-state index is 10.9. The quantitative estimate of drug-likeness (QED) is 0.569. The number of rotatable bonds is 5. The van der Waals surface area contributed by atoms with Crippen LogP contribution in [-0.2, 0) is 4.79 Å². The number of Topliss-reactive ketones (excluding diaryl/α,β-unsaturated/α-hetero) is 1. The van der Waals surface area contributed by atoms with Crippen LogP contribution < -0.4 is 5.32 Å². The van der Waals surface area contributed by atoms with Gasteiger partial charge in [-0.1, -0.05) is 13.8 Å². The highest BCUT2D eigenvalue weighted by Crippen LogP contribution is 1.89. The summed E-state index contributed by atoms with van der Waals surface area (Å²) in [5.74, 6) is 0.0735. The smallest absolute Gasteiger partial charge is 0.151 e. The molecule has 0 aliphatic carbocycles. The molecule has 0 amide bonds. The normalized spacial score (nSPS) is 13.1. The predicted octanol–water partition coefficient (Wildman–Crippen LogP) is -0.0641. The van der Waals surface area contributed by atoms with Crippen LogP contribution in [0, 0.1) is 0 Å². The van der Waals surface area contributed by atoms with Crippen molar-refractivity contribution in [3.05, 3.63) is 0 Å². The number of nitrogens with one attached hydrogen (secondary N) is 1. The van der Waals surface area contributed by atoms with E-state index >= 15 is 0 Å². The van der Waals surface area contributed by atoms with E-state index < -0.39 is 0 Å². The number of hydrogen-bond acceptors (Lipinski definition) is 3. The Kier molecular flexibility index (Phi) is 5.16. The maximum Gasteiger partial charge on any atom is 0.151 e. The zero-order valence-electron chi connectivity index (χ0n) is 6.55. The van der Waals surface area contributed by atoms with Gasteiger partial charge in [0.15, 0.2) is 5.78 Å². The first-order chi connectivity index (χ1) is 4.76. The molecule has 1 atom stereocenters. The van der Waals surface area contributed by atoms with Crippen molar-refractivity contribution in [2.75, 3.05) is 13.2 Å². The number of hydrogen-bond donors (Lipinski definition) is 2. The minimum atomic E-state index is -0.352. The Morgan fingerprint density at radius 2 is 2.20 bits per heavy atom. The maximum atomic E-state index is 10.9. The summed E-state index contributed by atoms with van der Waals surface area (Å²) in [6, 6.07) is -0.352. The van der Waals surface area contributed by atoms with E-state index in [4.69, 9.17) is 5.11 Å². The topological polar surface area (TPSA) is 49.3 Å². The van der Waals surface area contributed by atoms with Gasteiger partial charge in [-0.05, 0) is 6.54 Å². The second-order valence-electron chi connectivity index (χ2n) is 2.11. The van der Waals surface area contributed by atoms with Crippen LogP contribution in [0.2, 0.25) is 0 Å². The predicted molar refractivity (Wildman–Crippen MR) is 39.8 cm³/mol. The van der Waals surface area contributed by atoms with E-state index in [1.807, 2.05) is 6.92 Å². The molecule has 3 heteroatoms. The molecular formula is C7H15NO2. The van der Waals surface area contributed by atoms with E-state index in [2.05, 4.69) is 5.32 Å². The van der Waals surface area contributed by atoms with Crippen LogP contribution in [0.15, 0.2) is 0 Å². The van der Waals surface area contributed by atoms with E-state index in [1.54, 1.807) is 6.92 Å². The van der Waals surface area contributed by atoms with Crippen LogP contribution in [0.4, 0.5) is 0 Å². The van der Waals surface area contributed by atoms with Crippen LogP contribution in [0.3, 0.4) is 0 Å². The molecule has 3 nitrogen and oxygen atoms in total. The second kappa shape index (κ2) is 5.38. The highest BCUT2D eigenvalue weighted by atomic mass is 16.3. The summed E-state index contributed by atoms with van der Waals surface area (Å²) >= 11 is 0. The number of ketones is 1. The van der Waals surface area contributed by atoms with Crippen LogP contribution in [-0.4, -0.2) is 30.1 Å². The first kappa shape index (κ1) is 9.59. The van der Waals surface area contributed by atoms with Gasteiger partial charge in [-0.2, -0.15) is 0 Å². The lowest BCUT2D eigenvalue weighted by Gasteiger charge is -2.11. The first-order valence-corrected chi connectivity index (χ1v) is 3.63. The third kappa shape index (κ3) is 2.94. The van der Waals surface area contributed by atoms with E-state index in [-0.39, 0.29) is 18.4 Å². The van der Waals surface area contributed by atoms with Crippen molar-refractivity contribution in [2.45, 2.75) is 26.3 Å². The Labute approximate surface area is 61.4 Å². The molecule has 2 N–H and O–H groups in total. The Hall–Kier alpha value is -0.410. The lowest BCUT2D eigenvalue weighted by molar-refractivity contribution is -0.121. The molecule has 0 spiro atoms. The Balaban J connectivity index is 3.68. The Bertz CT molecular complexity index is 104. The highest BCUT2D eigenvalue weighted by molar-refractivity contribution is 5.83. The van der Waals surface area contributed by atoms with Crippen molar-refractivity contribution in [3.63, 3.8) is 0 Å². The first-order valence-electron chi connectivity index (χ1n) is 3.63. The summed E-state index contributed by atoms with van der Waals surface area (Å²) in [5, 5.41) is 11.6. The van der Waals surface area contributed by atoms with Gasteiger partial charge in [0.25, 0.3) is 0 Å². The number of aliphatic hydroxyl groups excluding tert-OH is 1. The molecule has 0 bridgehead atoms. The second-order valence-corrected chi connectivity index (χ2v) is 2.11. The molecule has 0 aromatic rings. The van der Waals surface area contributed by atoms with E-state index in [9.17, 15) is 4.79 Å². The summed E-state index contributed by atoms with van der Waals surface area (Å²) < 4.78 is 0. The molecule has 0 aromatic heterocycles. The third-order valence-corrected chi connectivity index (χ3v) is 1.37. The van der Waals surface area contributed by atoms with Gasteiger partial charge in [0.05, 0.1) is 12.6 Å². The molecule has 0 rings (SSSR count). The molecule has 0 unspecified atom stereocenters. The van der Waals surface area contributed by atoms with E-state index in [0.717, 1.165) is 6.54 Å². The minimum Gasteiger partial charge on any atom is -0.394 e. The van der Waals surface area contributed by atoms with Gasteiger partial charge < -0.3 is 10.4 Å². The van der Waals surface area contributed by atoms with Gasteiger partial charge >= 0.3 is 0 Å². The minimum absolute atomic E-state index is 0.0735. The molecule has 0 aromatic carbocycles. The fourth-order valence-corrected chi connectivity index (χ4v) is 0.773. The largest absolute Gasteiger partial charge is 0.394 e. The number of carbonyl (C=O) groups is 1. The summed E-state index contributed by atoms with van der Waals surface area (Å²) in [6.45, 7) is 4.32. The van der Waals surface area contributed by atoms with Gasteiger partial charge in [0.1, 0.15) is 0 Å². The fraction of sp³-hybridized carbons (Fsp3) is 0.857. The Morgan fingerprint density at radius 1 is 1.60 bits per heavy atom. The molecule has 10 heavy (non-hydrogen) atoms. The monoisotopic (exact) mass is 145 g/mol. The van der Waals surface area contributed by atoms with E-state index in [1.165, 1.54) is 0 Å². The van der Waals surface area contributed by atoms with Gasteiger partial charge in [0, 0.05) is 6.42 Å². The lowest BCUT2D eigenvalue weighted by atomic mass is 10.1. The van der Waals surface area contributed by atoms with Gasteiger partial charge in [-0.25, -0.2) is 0 Å². The Morgan fingerprint density at radius 3 is 2.50 bits per heavy atom. The van der Waals surface area contributed by atoms with Crippen molar-refractivity contribution in [1.29, 1.82) is 0 Å². The van der Waals surface area contributed by atoms with Crippen molar-refractivity contribution in [2.24, 2.45) is 0 Å². The molecule has 0 radical (unpaired) electrons. The molecule has 60 valence electrons. The number of likely N-dealkylation sites (N-methyl/N-ethyl adjacent to an activating group) is 1. The molecule has 0 saturated heterocycles. The fourth-order valence-electron chi connectivity index (χ4n) is 0.773. The van der Waals surface area contributed by atoms with Crippen molar-refractivity contribution in [1.82, 2.24) is 5.32 Å². The average Bonchev–Trinajstić information content (AvgIpc) is 1.99. The molecule has 0 aliphatic heterocycles. The van der Waals surface area contributed by atoms with Crippen LogP contribution >= 0.6 is 0 Å². The highest BCUT2D eigenvalue weighted by Gasteiger charge is 2.12. The van der Waals surface area contributed by atoms with Crippen LogP contribution in [0.25, 0.3) is 0 Å². The van der Waals surface area contributed by atoms with E-state index in [0.29, 0.717) is 6.42 Å². The number of aliphatic hydroxyl groups is 1. The van der Waals surface area contributed by atoms with Crippen molar-refractivity contribution < 1.29 is 9.90 Å². The third-order valence-electron chi connectivity index (χ3n) is 1.37. The zero-order chi connectivity index (χ0) is 7.98. The number of carbonyl (C=O) groups excluding carboxylic acids is 1. The summed E-state index contributed by atoms with van der Waals surface area (Å²) in [6.07, 6.45) is 0.484. The molecule has 0 heterocycles. The van der Waals surface area contributed by atoms with Gasteiger partial charge in [-0.15, -0.1) is 0 Å². The summed E-state index contributed by atoms with van der Waals surface area (Å²) in [7, 11) is 0. The lowest BCUT2D eigenvalue weighted by Crippen LogP contribution is -2.39. The molecular weight excluding hydrogens is 130 g/mol. The van der Waals surface area contributed by atoms with Crippen molar-refractivity contribution in [3.8, 4) is 0 Å².